The average Bonchev–Trinajstić information content (AvgIpc) is 3.43. The number of piperidine rings is 1. The SMILES string of the molecule is C[C@@]1(c2cccc3ccccc23)NC(=O)N(CC(=O)N2CCC[C@H](c3nc4ccccc4s3)C2)C1=O. The number of nitrogens with one attached hydrogen (secondary N) is 1. The summed E-state index contributed by atoms with van der Waals surface area (Å²) in [4.78, 5) is 47.4. The van der Waals surface area contributed by atoms with E-state index in [0.717, 1.165) is 49.3 Å². The van der Waals surface area contributed by atoms with Crippen molar-refractivity contribution in [3.8, 4) is 0 Å². The van der Waals surface area contributed by atoms with E-state index < -0.39 is 17.5 Å². The number of hydrogen-bond acceptors (Lipinski definition) is 5. The zero-order chi connectivity index (χ0) is 24.9. The van der Waals surface area contributed by atoms with Crippen LogP contribution in [0.2, 0.25) is 0 Å². The highest BCUT2D eigenvalue weighted by molar-refractivity contribution is 7.18. The van der Waals surface area contributed by atoms with Crippen molar-refractivity contribution >= 4 is 50.2 Å². The van der Waals surface area contributed by atoms with E-state index in [1.807, 2.05) is 60.7 Å². The van der Waals surface area contributed by atoms with Crippen LogP contribution in [-0.2, 0) is 15.1 Å². The molecule has 0 radical (unpaired) electrons. The largest absolute Gasteiger partial charge is 0.340 e. The van der Waals surface area contributed by atoms with E-state index in [9.17, 15) is 14.4 Å². The van der Waals surface area contributed by atoms with Gasteiger partial charge in [-0.05, 0) is 48.2 Å². The van der Waals surface area contributed by atoms with Crippen LogP contribution in [0.3, 0.4) is 0 Å². The molecule has 4 amide bonds. The van der Waals surface area contributed by atoms with Crippen molar-refractivity contribution in [1.82, 2.24) is 20.1 Å². The molecule has 2 saturated heterocycles. The lowest BCUT2D eigenvalue weighted by molar-refractivity contribution is -0.139. The van der Waals surface area contributed by atoms with E-state index in [1.54, 1.807) is 23.2 Å². The third-order valence-corrected chi connectivity index (χ3v) is 8.53. The minimum atomic E-state index is -1.23. The van der Waals surface area contributed by atoms with E-state index in [-0.39, 0.29) is 18.4 Å². The normalized spacial score (nSPS) is 22.4. The van der Waals surface area contributed by atoms with Crippen molar-refractivity contribution in [2.45, 2.75) is 31.2 Å². The van der Waals surface area contributed by atoms with Crippen molar-refractivity contribution < 1.29 is 14.4 Å². The molecule has 182 valence electrons. The summed E-state index contributed by atoms with van der Waals surface area (Å²) in [7, 11) is 0. The Hall–Kier alpha value is -3.78. The van der Waals surface area contributed by atoms with Gasteiger partial charge in [-0.3, -0.25) is 14.5 Å². The van der Waals surface area contributed by atoms with Crippen molar-refractivity contribution in [2.75, 3.05) is 19.6 Å². The fourth-order valence-corrected chi connectivity index (χ4v) is 6.48. The standard InChI is InChI=1S/C28H26N4O3S/c1-28(21-12-6-9-18-8-2-3-11-20(18)21)26(34)32(27(35)30-28)17-24(33)31-15-7-10-19(16-31)25-29-22-13-4-5-14-23(22)36-25/h2-6,8-9,11-14,19H,7,10,15-17H2,1H3,(H,30,35)/t19-,28-/m0/s1. The van der Waals surface area contributed by atoms with Crippen LogP contribution in [0.5, 0.6) is 0 Å². The van der Waals surface area contributed by atoms with Crippen LogP contribution in [0.25, 0.3) is 21.0 Å². The van der Waals surface area contributed by atoms with E-state index in [1.165, 1.54) is 0 Å². The van der Waals surface area contributed by atoms with Crippen LogP contribution in [0.1, 0.15) is 36.3 Å². The first-order chi connectivity index (χ1) is 17.4. The predicted octanol–water partition coefficient (Wildman–Crippen LogP) is 4.62. The Balaban J connectivity index is 1.20. The Morgan fingerprint density at radius 1 is 1.08 bits per heavy atom. The number of hydrogen-bond donors (Lipinski definition) is 1. The zero-order valence-electron chi connectivity index (χ0n) is 19.9. The third kappa shape index (κ3) is 3.73. The van der Waals surface area contributed by atoms with Crippen LogP contribution in [0.15, 0.2) is 66.7 Å². The van der Waals surface area contributed by atoms with E-state index in [2.05, 4.69) is 11.4 Å². The van der Waals surface area contributed by atoms with Gasteiger partial charge in [-0.1, -0.05) is 54.6 Å². The van der Waals surface area contributed by atoms with Gasteiger partial charge in [-0.2, -0.15) is 0 Å². The number of para-hydroxylation sites is 1. The maximum atomic E-state index is 13.5. The number of imide groups is 1. The first-order valence-corrected chi connectivity index (χ1v) is 13.0. The molecular formula is C28H26N4O3S. The molecular weight excluding hydrogens is 472 g/mol. The van der Waals surface area contributed by atoms with Crippen LogP contribution >= 0.6 is 11.3 Å². The van der Waals surface area contributed by atoms with Gasteiger partial charge in [0.25, 0.3) is 5.91 Å². The second-order valence-corrected chi connectivity index (χ2v) is 10.7. The summed E-state index contributed by atoms with van der Waals surface area (Å²) in [5, 5.41) is 5.78. The van der Waals surface area contributed by atoms with Crippen LogP contribution < -0.4 is 5.32 Å². The number of benzene rings is 3. The first kappa shape index (κ1) is 22.7. The quantitative estimate of drug-likeness (QED) is 0.416. The minimum Gasteiger partial charge on any atom is -0.340 e. The molecule has 6 rings (SSSR count). The number of carbonyl (C=O) groups is 3. The van der Waals surface area contributed by atoms with Crippen molar-refractivity contribution in [3.05, 3.63) is 77.3 Å². The second kappa shape index (κ2) is 8.71. The molecule has 0 unspecified atom stereocenters. The first-order valence-electron chi connectivity index (χ1n) is 12.2. The average molecular weight is 499 g/mol. The maximum absolute atomic E-state index is 13.5. The third-order valence-electron chi connectivity index (χ3n) is 7.33. The van der Waals surface area contributed by atoms with E-state index in [0.29, 0.717) is 13.1 Å². The Morgan fingerprint density at radius 3 is 2.72 bits per heavy atom. The van der Waals surface area contributed by atoms with Crippen LogP contribution in [-0.4, -0.2) is 52.3 Å². The van der Waals surface area contributed by atoms with Crippen molar-refractivity contribution in [3.63, 3.8) is 0 Å². The zero-order valence-corrected chi connectivity index (χ0v) is 20.8. The number of nitrogens with zero attached hydrogens (tertiary/aromatic N) is 3. The molecule has 4 aromatic rings. The Labute approximate surface area is 212 Å². The molecule has 0 saturated carbocycles. The molecule has 8 heteroatoms. The number of aromatic nitrogens is 1. The lowest BCUT2D eigenvalue weighted by atomic mass is 9.88. The highest BCUT2D eigenvalue weighted by atomic mass is 32.1. The van der Waals surface area contributed by atoms with Gasteiger partial charge in [0, 0.05) is 19.0 Å². The molecule has 2 atom stereocenters. The minimum absolute atomic E-state index is 0.157. The Morgan fingerprint density at radius 2 is 1.86 bits per heavy atom. The van der Waals surface area contributed by atoms with Crippen molar-refractivity contribution in [1.29, 1.82) is 0 Å². The van der Waals surface area contributed by atoms with Gasteiger partial charge in [0.05, 0.1) is 15.2 Å². The van der Waals surface area contributed by atoms with Crippen molar-refractivity contribution in [2.24, 2.45) is 0 Å². The summed E-state index contributed by atoms with van der Waals surface area (Å²) < 4.78 is 1.14. The molecule has 0 bridgehead atoms. The summed E-state index contributed by atoms with van der Waals surface area (Å²) >= 11 is 1.67. The predicted molar refractivity (Wildman–Crippen MR) is 140 cm³/mol. The Kier molecular flexibility index (Phi) is 5.48. The highest BCUT2D eigenvalue weighted by Crippen LogP contribution is 2.35. The molecule has 2 aliphatic rings. The molecule has 0 spiro atoms. The molecule has 7 nitrogen and oxygen atoms in total. The maximum Gasteiger partial charge on any atom is 0.325 e. The number of thiazole rings is 1. The summed E-state index contributed by atoms with van der Waals surface area (Å²) in [6.07, 6.45) is 1.83. The second-order valence-electron chi connectivity index (χ2n) is 9.67. The number of amides is 4. The molecule has 1 aromatic heterocycles. The lowest BCUT2D eigenvalue weighted by Crippen LogP contribution is -2.47. The smallest absolute Gasteiger partial charge is 0.325 e. The van der Waals surface area contributed by atoms with E-state index >= 15 is 0 Å². The molecule has 2 fully saturated rings. The number of urea groups is 1. The summed E-state index contributed by atoms with van der Waals surface area (Å²) in [6.45, 7) is 2.61. The number of rotatable bonds is 4. The molecule has 0 aliphatic carbocycles. The topological polar surface area (TPSA) is 82.6 Å². The van der Waals surface area contributed by atoms with Gasteiger partial charge in [0.2, 0.25) is 5.91 Å². The van der Waals surface area contributed by atoms with Gasteiger partial charge >= 0.3 is 6.03 Å². The molecule has 2 aliphatic heterocycles. The van der Waals surface area contributed by atoms with Gasteiger partial charge in [-0.15, -0.1) is 11.3 Å². The monoisotopic (exact) mass is 498 g/mol. The van der Waals surface area contributed by atoms with Gasteiger partial charge in [0.15, 0.2) is 0 Å². The highest BCUT2D eigenvalue weighted by Gasteiger charge is 2.50. The van der Waals surface area contributed by atoms with Crippen LogP contribution in [0.4, 0.5) is 4.79 Å². The summed E-state index contributed by atoms with van der Waals surface area (Å²) in [5.41, 5.74) is 0.472. The number of carbonyl (C=O) groups excluding carboxylic acids is 3. The van der Waals surface area contributed by atoms with E-state index in [4.69, 9.17) is 4.98 Å². The summed E-state index contributed by atoms with van der Waals surface area (Å²) in [5.74, 6) is -0.465. The fraction of sp³-hybridized carbons (Fsp3) is 0.286. The van der Waals surface area contributed by atoms with Crippen LogP contribution in [0, 0.1) is 0 Å². The molecule has 36 heavy (non-hydrogen) atoms. The number of likely N-dealkylation sites (tertiary alicyclic amines) is 1. The lowest BCUT2D eigenvalue weighted by Gasteiger charge is -2.32. The number of fused-ring (bicyclic) bond motifs is 2. The molecule has 3 aromatic carbocycles. The summed E-state index contributed by atoms with van der Waals surface area (Å²) in [6, 6.07) is 21.0. The molecule has 3 heterocycles. The fourth-order valence-electron chi connectivity index (χ4n) is 5.39. The van der Waals surface area contributed by atoms with Gasteiger partial charge in [-0.25, -0.2) is 9.78 Å². The van der Waals surface area contributed by atoms with Gasteiger partial charge in [0.1, 0.15) is 12.1 Å². The van der Waals surface area contributed by atoms with Gasteiger partial charge < -0.3 is 10.2 Å². The Bertz CT molecular complexity index is 1480. The molecule has 1 N–H and O–H groups in total.